The molecule has 0 aromatic carbocycles. The lowest BCUT2D eigenvalue weighted by Crippen LogP contribution is -2.48. The van der Waals surface area contributed by atoms with Crippen molar-refractivity contribution in [1.82, 2.24) is 16.1 Å². The molecule has 1 unspecified atom stereocenters. The number of carbonyl (C=O) groups excluding carboxylic acids is 3. The molecule has 7 heteroatoms. The van der Waals surface area contributed by atoms with E-state index in [2.05, 4.69) is 10.6 Å². The SMILES string of the molecule is CNC(=O)[C@H](CC(C)C)NC(=O)C(CC(=O)NO)CC(C)C. The van der Waals surface area contributed by atoms with Crippen LogP contribution in [0.15, 0.2) is 0 Å². The summed E-state index contributed by atoms with van der Waals surface area (Å²) in [7, 11) is 1.52. The zero-order chi connectivity index (χ0) is 17.3. The number of hydrogen-bond acceptors (Lipinski definition) is 4. The third-order valence-corrected chi connectivity index (χ3v) is 3.27. The maximum atomic E-state index is 12.4. The van der Waals surface area contributed by atoms with Gasteiger partial charge in [0.2, 0.25) is 17.7 Å². The lowest BCUT2D eigenvalue weighted by Gasteiger charge is -2.23. The zero-order valence-corrected chi connectivity index (χ0v) is 14.1. The minimum absolute atomic E-state index is 0.108. The molecule has 4 N–H and O–H groups in total. The fourth-order valence-corrected chi connectivity index (χ4v) is 2.29. The summed E-state index contributed by atoms with van der Waals surface area (Å²) >= 11 is 0. The van der Waals surface area contributed by atoms with E-state index in [4.69, 9.17) is 5.21 Å². The maximum Gasteiger partial charge on any atom is 0.244 e. The molecular formula is C15H29N3O4. The Bertz CT molecular complexity index is 383. The molecule has 3 amide bonds. The Hall–Kier alpha value is -1.63. The first kappa shape index (κ1) is 20.4. The largest absolute Gasteiger partial charge is 0.357 e. The molecule has 0 saturated heterocycles. The van der Waals surface area contributed by atoms with E-state index in [0.717, 1.165) is 0 Å². The average Bonchev–Trinajstić information content (AvgIpc) is 2.43. The Labute approximate surface area is 132 Å². The molecule has 0 saturated carbocycles. The summed E-state index contributed by atoms with van der Waals surface area (Å²) in [6.07, 6.45) is 0.913. The first-order valence-corrected chi connectivity index (χ1v) is 7.66. The lowest BCUT2D eigenvalue weighted by molar-refractivity contribution is -0.136. The molecule has 0 aliphatic heterocycles. The minimum Gasteiger partial charge on any atom is -0.357 e. The first-order valence-electron chi connectivity index (χ1n) is 7.66. The van der Waals surface area contributed by atoms with Crippen LogP contribution in [0.3, 0.4) is 0 Å². The van der Waals surface area contributed by atoms with Gasteiger partial charge in [-0.1, -0.05) is 27.7 Å². The van der Waals surface area contributed by atoms with Crippen LogP contribution in [0.1, 0.15) is 47.0 Å². The lowest BCUT2D eigenvalue weighted by atomic mass is 9.92. The Kier molecular flexibility index (Phi) is 9.40. The van der Waals surface area contributed by atoms with Gasteiger partial charge in [-0.3, -0.25) is 19.6 Å². The Balaban J connectivity index is 4.93. The summed E-state index contributed by atoms with van der Waals surface area (Å²) < 4.78 is 0. The smallest absolute Gasteiger partial charge is 0.244 e. The van der Waals surface area contributed by atoms with E-state index in [-0.39, 0.29) is 30.1 Å². The molecule has 0 rings (SSSR count). The predicted molar refractivity (Wildman–Crippen MR) is 82.9 cm³/mol. The van der Waals surface area contributed by atoms with Crippen LogP contribution >= 0.6 is 0 Å². The summed E-state index contributed by atoms with van der Waals surface area (Å²) in [6, 6.07) is -0.621. The monoisotopic (exact) mass is 315 g/mol. The van der Waals surface area contributed by atoms with Gasteiger partial charge in [0.25, 0.3) is 0 Å². The number of hydroxylamine groups is 1. The van der Waals surface area contributed by atoms with Gasteiger partial charge in [0.1, 0.15) is 6.04 Å². The van der Waals surface area contributed by atoms with Crippen molar-refractivity contribution in [3.8, 4) is 0 Å². The predicted octanol–water partition coefficient (Wildman–Crippen LogP) is 0.821. The molecule has 0 fully saturated rings. The highest BCUT2D eigenvalue weighted by Crippen LogP contribution is 2.17. The summed E-state index contributed by atoms with van der Waals surface area (Å²) in [5.41, 5.74) is 1.54. The number of rotatable bonds is 9. The normalized spacial score (nSPS) is 13.6. The van der Waals surface area contributed by atoms with E-state index in [1.807, 2.05) is 27.7 Å². The number of hydrogen-bond donors (Lipinski definition) is 4. The second kappa shape index (κ2) is 10.2. The Morgan fingerprint density at radius 3 is 1.91 bits per heavy atom. The van der Waals surface area contributed by atoms with Crippen molar-refractivity contribution in [2.45, 2.75) is 53.0 Å². The summed E-state index contributed by atoms with van der Waals surface area (Å²) in [4.78, 5) is 35.6. The first-order chi connectivity index (χ1) is 10.2. The van der Waals surface area contributed by atoms with Crippen molar-refractivity contribution < 1.29 is 19.6 Å². The molecule has 2 atom stereocenters. The molecule has 0 radical (unpaired) electrons. The molecule has 128 valence electrons. The number of likely N-dealkylation sites (N-methyl/N-ethyl adjacent to an activating group) is 1. The van der Waals surface area contributed by atoms with E-state index in [9.17, 15) is 14.4 Å². The van der Waals surface area contributed by atoms with Gasteiger partial charge >= 0.3 is 0 Å². The number of carbonyl (C=O) groups is 3. The van der Waals surface area contributed by atoms with Crippen molar-refractivity contribution in [3.63, 3.8) is 0 Å². The van der Waals surface area contributed by atoms with Crippen molar-refractivity contribution in [2.75, 3.05) is 7.05 Å². The van der Waals surface area contributed by atoms with Crippen LogP contribution in [0, 0.1) is 17.8 Å². The molecule has 0 aliphatic rings. The van der Waals surface area contributed by atoms with Crippen LogP contribution in [0.2, 0.25) is 0 Å². The topological polar surface area (TPSA) is 108 Å². The zero-order valence-electron chi connectivity index (χ0n) is 14.1. The van der Waals surface area contributed by atoms with Gasteiger partial charge in [0, 0.05) is 19.4 Å². The summed E-state index contributed by atoms with van der Waals surface area (Å²) in [6.45, 7) is 7.82. The van der Waals surface area contributed by atoms with Crippen LogP contribution in [0.25, 0.3) is 0 Å². The highest BCUT2D eigenvalue weighted by molar-refractivity contribution is 5.90. The van der Waals surface area contributed by atoms with Gasteiger partial charge in [-0.2, -0.15) is 0 Å². The van der Waals surface area contributed by atoms with Gasteiger partial charge in [-0.25, -0.2) is 5.48 Å². The average molecular weight is 315 g/mol. The van der Waals surface area contributed by atoms with Crippen molar-refractivity contribution >= 4 is 17.7 Å². The summed E-state index contributed by atoms with van der Waals surface area (Å²) in [5, 5.41) is 13.9. The maximum absolute atomic E-state index is 12.4. The van der Waals surface area contributed by atoms with E-state index in [0.29, 0.717) is 12.8 Å². The minimum atomic E-state index is -0.621. The molecule has 22 heavy (non-hydrogen) atoms. The van der Waals surface area contributed by atoms with E-state index >= 15 is 0 Å². The molecule has 0 spiro atoms. The standard InChI is InChI=1S/C15H29N3O4/c1-9(2)6-11(8-13(19)18-22)14(20)17-12(7-10(3)4)15(21)16-5/h9-12,22H,6-8H2,1-5H3,(H,16,21)(H,17,20)(H,18,19)/t11?,12-/m0/s1. The Morgan fingerprint density at radius 1 is 0.955 bits per heavy atom. The van der Waals surface area contributed by atoms with Crippen LogP contribution in [-0.2, 0) is 14.4 Å². The van der Waals surface area contributed by atoms with Gasteiger partial charge < -0.3 is 10.6 Å². The quantitative estimate of drug-likeness (QED) is 0.373. The summed E-state index contributed by atoms with van der Waals surface area (Å²) in [5.74, 6) is -1.33. The molecule has 0 heterocycles. The van der Waals surface area contributed by atoms with E-state index in [1.165, 1.54) is 7.05 Å². The second-order valence-corrected chi connectivity index (χ2v) is 6.37. The van der Waals surface area contributed by atoms with Crippen molar-refractivity contribution in [3.05, 3.63) is 0 Å². The van der Waals surface area contributed by atoms with Gasteiger partial charge in [-0.05, 0) is 24.7 Å². The molecular weight excluding hydrogens is 286 g/mol. The molecule has 0 aromatic heterocycles. The number of nitrogens with one attached hydrogen (secondary N) is 3. The fraction of sp³-hybridized carbons (Fsp3) is 0.800. The van der Waals surface area contributed by atoms with Crippen LogP contribution in [-0.4, -0.2) is 36.0 Å². The van der Waals surface area contributed by atoms with E-state index < -0.39 is 17.9 Å². The van der Waals surface area contributed by atoms with Crippen molar-refractivity contribution in [2.24, 2.45) is 17.8 Å². The van der Waals surface area contributed by atoms with Gasteiger partial charge in [-0.15, -0.1) is 0 Å². The Morgan fingerprint density at radius 2 is 1.50 bits per heavy atom. The van der Waals surface area contributed by atoms with Crippen molar-refractivity contribution in [1.29, 1.82) is 0 Å². The molecule has 0 aromatic rings. The van der Waals surface area contributed by atoms with Crippen LogP contribution in [0.4, 0.5) is 0 Å². The fourth-order valence-electron chi connectivity index (χ4n) is 2.29. The molecule has 0 aliphatic carbocycles. The number of amides is 3. The molecule has 7 nitrogen and oxygen atoms in total. The highest BCUT2D eigenvalue weighted by atomic mass is 16.5. The third kappa shape index (κ3) is 7.97. The van der Waals surface area contributed by atoms with Gasteiger partial charge in [0.05, 0.1) is 0 Å². The highest BCUT2D eigenvalue weighted by Gasteiger charge is 2.27. The second-order valence-electron chi connectivity index (χ2n) is 6.37. The van der Waals surface area contributed by atoms with Crippen LogP contribution < -0.4 is 16.1 Å². The van der Waals surface area contributed by atoms with E-state index in [1.54, 1.807) is 5.48 Å². The van der Waals surface area contributed by atoms with Crippen LogP contribution in [0.5, 0.6) is 0 Å². The third-order valence-electron chi connectivity index (χ3n) is 3.27. The van der Waals surface area contributed by atoms with Gasteiger partial charge in [0.15, 0.2) is 0 Å². The molecule has 0 bridgehead atoms.